The van der Waals surface area contributed by atoms with E-state index in [4.69, 9.17) is 0 Å². The number of phenols is 1. The van der Waals surface area contributed by atoms with Crippen molar-refractivity contribution in [3.05, 3.63) is 55.1 Å². The van der Waals surface area contributed by atoms with Crippen LogP contribution >= 0.6 is 11.8 Å². The number of nitrogens with zero attached hydrogens (tertiary/aromatic N) is 2. The average molecular weight is 284 g/mol. The summed E-state index contributed by atoms with van der Waals surface area (Å²) in [4.78, 5) is 5.26. The Labute approximate surface area is 122 Å². The first-order chi connectivity index (χ1) is 9.84. The van der Waals surface area contributed by atoms with Crippen molar-refractivity contribution in [2.45, 2.75) is 17.9 Å². The van der Waals surface area contributed by atoms with Crippen molar-refractivity contribution in [2.24, 2.45) is 0 Å². The van der Waals surface area contributed by atoms with Gasteiger partial charge in [0.2, 0.25) is 0 Å². The van der Waals surface area contributed by atoms with Crippen LogP contribution in [0.25, 0.3) is 10.8 Å². The minimum Gasteiger partial charge on any atom is -0.507 e. The summed E-state index contributed by atoms with van der Waals surface area (Å²) < 4.78 is 2.09. The predicted octanol–water partition coefficient (Wildman–Crippen LogP) is 3.92. The van der Waals surface area contributed by atoms with Crippen LogP contribution in [-0.4, -0.2) is 20.4 Å². The molecule has 1 heterocycles. The summed E-state index contributed by atoms with van der Waals surface area (Å²) in [7, 11) is 0. The van der Waals surface area contributed by atoms with E-state index < -0.39 is 0 Å². The number of aromatic hydroxyl groups is 1. The Bertz CT molecular complexity index is 695. The largest absolute Gasteiger partial charge is 0.507 e. The number of benzene rings is 2. The minimum atomic E-state index is 0.350. The van der Waals surface area contributed by atoms with E-state index in [0.717, 1.165) is 29.5 Å². The standard InChI is InChI=1S/C16H16N2OS/c19-15-6-7-16(14-5-2-1-4-13(14)15)20-11-3-9-18-10-8-17-12-18/h1-2,4-8,10,12,19H,3,9,11H2. The highest BCUT2D eigenvalue weighted by molar-refractivity contribution is 7.99. The molecule has 0 radical (unpaired) electrons. The summed E-state index contributed by atoms with van der Waals surface area (Å²) in [5.74, 6) is 1.40. The van der Waals surface area contributed by atoms with Crippen LogP contribution in [0.15, 0.2) is 60.0 Å². The Kier molecular flexibility index (Phi) is 3.92. The van der Waals surface area contributed by atoms with Crippen LogP contribution in [0.3, 0.4) is 0 Å². The van der Waals surface area contributed by atoms with Gasteiger partial charge in [0.15, 0.2) is 0 Å². The van der Waals surface area contributed by atoms with Gasteiger partial charge in [-0.1, -0.05) is 24.3 Å². The van der Waals surface area contributed by atoms with E-state index in [-0.39, 0.29) is 0 Å². The second-order valence-corrected chi connectivity index (χ2v) is 5.77. The highest BCUT2D eigenvalue weighted by Crippen LogP contribution is 2.33. The lowest BCUT2D eigenvalue weighted by Gasteiger charge is -2.08. The highest BCUT2D eigenvalue weighted by atomic mass is 32.2. The molecule has 0 aliphatic carbocycles. The lowest BCUT2D eigenvalue weighted by atomic mass is 10.1. The zero-order valence-electron chi connectivity index (χ0n) is 11.1. The van der Waals surface area contributed by atoms with Crippen LogP contribution in [0, 0.1) is 0 Å². The van der Waals surface area contributed by atoms with Crippen LogP contribution in [0.5, 0.6) is 5.75 Å². The fourth-order valence-corrected chi connectivity index (χ4v) is 3.22. The molecule has 3 nitrogen and oxygen atoms in total. The van der Waals surface area contributed by atoms with E-state index in [0.29, 0.717) is 5.75 Å². The molecule has 0 aliphatic rings. The van der Waals surface area contributed by atoms with E-state index in [1.807, 2.05) is 48.6 Å². The van der Waals surface area contributed by atoms with Gasteiger partial charge in [0.25, 0.3) is 0 Å². The SMILES string of the molecule is Oc1ccc(SCCCn2ccnc2)c2ccccc12. The summed E-state index contributed by atoms with van der Waals surface area (Å²) in [5.41, 5.74) is 0. The Hall–Kier alpha value is -1.94. The van der Waals surface area contributed by atoms with Gasteiger partial charge in [-0.05, 0) is 29.7 Å². The Morgan fingerprint density at radius 2 is 1.95 bits per heavy atom. The molecule has 3 rings (SSSR count). The second kappa shape index (κ2) is 6.01. The first-order valence-corrected chi connectivity index (χ1v) is 7.62. The molecule has 0 amide bonds. The van der Waals surface area contributed by atoms with E-state index in [2.05, 4.69) is 15.6 Å². The number of aryl methyl sites for hydroxylation is 1. The van der Waals surface area contributed by atoms with Crippen LogP contribution < -0.4 is 0 Å². The van der Waals surface area contributed by atoms with Crippen molar-refractivity contribution < 1.29 is 5.11 Å². The number of hydrogen-bond acceptors (Lipinski definition) is 3. The molecule has 0 atom stereocenters. The van der Waals surface area contributed by atoms with Gasteiger partial charge in [-0.15, -0.1) is 11.8 Å². The summed E-state index contributed by atoms with van der Waals surface area (Å²) in [6.45, 7) is 0.989. The van der Waals surface area contributed by atoms with Crippen LogP contribution in [-0.2, 0) is 6.54 Å². The third-order valence-corrected chi connectivity index (χ3v) is 4.40. The summed E-state index contributed by atoms with van der Waals surface area (Å²) in [6, 6.07) is 11.8. The zero-order chi connectivity index (χ0) is 13.8. The molecule has 1 aromatic heterocycles. The van der Waals surface area contributed by atoms with Gasteiger partial charge in [0.05, 0.1) is 6.33 Å². The van der Waals surface area contributed by atoms with E-state index in [1.165, 1.54) is 4.90 Å². The van der Waals surface area contributed by atoms with Crippen molar-refractivity contribution in [1.29, 1.82) is 0 Å². The van der Waals surface area contributed by atoms with E-state index >= 15 is 0 Å². The quantitative estimate of drug-likeness (QED) is 0.570. The third-order valence-electron chi connectivity index (χ3n) is 3.24. The first kappa shape index (κ1) is 13.1. The number of hydrogen-bond donors (Lipinski definition) is 1. The van der Waals surface area contributed by atoms with Crippen molar-refractivity contribution >= 4 is 22.5 Å². The molecule has 3 aromatic rings. The summed E-state index contributed by atoms with van der Waals surface area (Å²) in [6.07, 6.45) is 6.73. The Morgan fingerprint density at radius 3 is 2.75 bits per heavy atom. The normalized spacial score (nSPS) is 11.0. The molecule has 0 fully saturated rings. The van der Waals surface area contributed by atoms with Crippen LogP contribution in [0.2, 0.25) is 0 Å². The van der Waals surface area contributed by atoms with Crippen molar-refractivity contribution in [3.8, 4) is 5.75 Å². The number of fused-ring (bicyclic) bond motifs is 1. The van der Waals surface area contributed by atoms with Crippen LogP contribution in [0.4, 0.5) is 0 Å². The number of aromatic nitrogens is 2. The molecule has 0 bridgehead atoms. The molecule has 0 spiro atoms. The molecule has 1 N–H and O–H groups in total. The topological polar surface area (TPSA) is 38.0 Å². The monoisotopic (exact) mass is 284 g/mol. The van der Waals surface area contributed by atoms with Crippen LogP contribution in [0.1, 0.15) is 6.42 Å². The number of phenolic OH excluding ortho intramolecular Hbond substituents is 1. The predicted molar refractivity (Wildman–Crippen MR) is 83.2 cm³/mol. The Balaban J connectivity index is 1.67. The van der Waals surface area contributed by atoms with Gasteiger partial charge in [-0.3, -0.25) is 0 Å². The molecule has 102 valence electrons. The van der Waals surface area contributed by atoms with Gasteiger partial charge >= 0.3 is 0 Å². The van der Waals surface area contributed by atoms with Crippen molar-refractivity contribution in [1.82, 2.24) is 9.55 Å². The highest BCUT2D eigenvalue weighted by Gasteiger charge is 2.05. The lowest BCUT2D eigenvalue weighted by Crippen LogP contribution is -1.95. The van der Waals surface area contributed by atoms with Crippen molar-refractivity contribution in [3.63, 3.8) is 0 Å². The number of rotatable bonds is 5. The number of imidazole rings is 1. The smallest absolute Gasteiger partial charge is 0.123 e. The van der Waals surface area contributed by atoms with Gasteiger partial charge in [-0.2, -0.15) is 0 Å². The summed E-state index contributed by atoms with van der Waals surface area (Å²) >= 11 is 1.84. The van der Waals surface area contributed by atoms with Gasteiger partial charge in [-0.25, -0.2) is 4.98 Å². The maximum atomic E-state index is 9.87. The molecule has 0 saturated carbocycles. The van der Waals surface area contributed by atoms with E-state index in [1.54, 1.807) is 12.3 Å². The second-order valence-electron chi connectivity index (χ2n) is 4.63. The van der Waals surface area contributed by atoms with Gasteiger partial charge in [0, 0.05) is 29.2 Å². The molecule has 0 aliphatic heterocycles. The molecule has 4 heteroatoms. The lowest BCUT2D eigenvalue weighted by molar-refractivity contribution is 0.481. The van der Waals surface area contributed by atoms with E-state index in [9.17, 15) is 5.11 Å². The molecule has 2 aromatic carbocycles. The first-order valence-electron chi connectivity index (χ1n) is 6.64. The fraction of sp³-hybridized carbons (Fsp3) is 0.188. The zero-order valence-corrected chi connectivity index (χ0v) is 11.9. The van der Waals surface area contributed by atoms with Gasteiger partial charge in [0.1, 0.15) is 5.75 Å². The molecule has 20 heavy (non-hydrogen) atoms. The maximum absolute atomic E-state index is 9.87. The molecular formula is C16H16N2OS. The average Bonchev–Trinajstić information content (AvgIpc) is 2.99. The third kappa shape index (κ3) is 2.80. The van der Waals surface area contributed by atoms with Gasteiger partial charge < -0.3 is 9.67 Å². The minimum absolute atomic E-state index is 0.350. The number of thioether (sulfide) groups is 1. The maximum Gasteiger partial charge on any atom is 0.123 e. The molecule has 0 saturated heterocycles. The molecular weight excluding hydrogens is 268 g/mol. The Morgan fingerprint density at radius 1 is 1.10 bits per heavy atom. The summed E-state index contributed by atoms with van der Waals surface area (Å²) in [5, 5.41) is 11.9. The van der Waals surface area contributed by atoms with Crippen molar-refractivity contribution in [2.75, 3.05) is 5.75 Å². The molecule has 0 unspecified atom stereocenters. The fourth-order valence-electron chi connectivity index (χ4n) is 2.23.